The predicted molar refractivity (Wildman–Crippen MR) is 95.2 cm³/mol. The fraction of sp³-hybridized carbons (Fsp3) is 0.556. The van der Waals surface area contributed by atoms with Crippen molar-refractivity contribution in [2.45, 2.75) is 57.9 Å². The van der Waals surface area contributed by atoms with Gasteiger partial charge in [-0.3, -0.25) is 9.59 Å². The van der Waals surface area contributed by atoms with Gasteiger partial charge in [0, 0.05) is 30.5 Å². The first-order valence-corrected chi connectivity index (χ1v) is 8.07. The number of rotatable bonds is 6. The first-order chi connectivity index (χ1) is 10.4. The van der Waals surface area contributed by atoms with E-state index in [-0.39, 0.29) is 36.9 Å². The van der Waals surface area contributed by atoms with E-state index < -0.39 is 5.54 Å². The Kier molecular flexibility index (Phi) is 7.23. The Bertz CT molecular complexity index is 570. The van der Waals surface area contributed by atoms with E-state index in [1.807, 2.05) is 26.0 Å². The normalized spacial score (nSPS) is 13.7. The maximum Gasteiger partial charge on any atom is 0.220 e. The molecule has 0 unspecified atom stereocenters. The van der Waals surface area contributed by atoms with Crippen LogP contribution in [0.5, 0.6) is 0 Å². The van der Waals surface area contributed by atoms with Gasteiger partial charge >= 0.3 is 0 Å². The molecule has 23 heavy (non-hydrogen) atoms. The molecule has 2 rings (SSSR count). The average molecular weight is 339 g/mol. The zero-order chi connectivity index (χ0) is 16.2. The maximum atomic E-state index is 12.3. The minimum Gasteiger partial charge on any atom is -0.350 e. The van der Waals surface area contributed by atoms with Crippen molar-refractivity contribution in [3.63, 3.8) is 0 Å². The molecule has 5 heteroatoms. The molecule has 0 saturated heterocycles. The Morgan fingerprint density at radius 1 is 1.13 bits per heavy atom. The molecule has 1 aliphatic carbocycles. The summed E-state index contributed by atoms with van der Waals surface area (Å²) in [7, 11) is 0. The van der Waals surface area contributed by atoms with Crippen molar-refractivity contribution >= 4 is 24.1 Å². The summed E-state index contributed by atoms with van der Waals surface area (Å²) >= 11 is 0. The van der Waals surface area contributed by atoms with Crippen LogP contribution < -0.4 is 11.1 Å². The van der Waals surface area contributed by atoms with Crippen molar-refractivity contribution in [2.24, 2.45) is 5.73 Å². The molecule has 0 aliphatic heterocycles. The van der Waals surface area contributed by atoms with E-state index in [2.05, 4.69) is 11.4 Å². The van der Waals surface area contributed by atoms with Gasteiger partial charge in [-0.05, 0) is 56.7 Å². The van der Waals surface area contributed by atoms with Crippen LogP contribution in [0.3, 0.4) is 0 Å². The van der Waals surface area contributed by atoms with Crippen molar-refractivity contribution in [1.82, 2.24) is 5.32 Å². The van der Waals surface area contributed by atoms with Crippen LogP contribution in [0.4, 0.5) is 0 Å². The summed E-state index contributed by atoms with van der Waals surface area (Å²) in [5.74, 6) is -0.0872. The van der Waals surface area contributed by atoms with E-state index in [0.29, 0.717) is 6.54 Å². The lowest BCUT2D eigenvalue weighted by Crippen LogP contribution is -2.48. The molecule has 0 radical (unpaired) electrons. The monoisotopic (exact) mass is 338 g/mol. The van der Waals surface area contributed by atoms with Crippen LogP contribution in [0.25, 0.3) is 0 Å². The third-order valence-corrected chi connectivity index (χ3v) is 4.24. The lowest BCUT2D eigenvalue weighted by Gasteiger charge is -2.24. The average Bonchev–Trinajstić information content (AvgIpc) is 2.51. The minimum absolute atomic E-state index is 0. The SMILES string of the molecule is CC(C)(CN)NC(=O)CCC(=O)c1ccc2c(c1)CCCC2.Cl. The second kappa shape index (κ2) is 8.46. The van der Waals surface area contributed by atoms with E-state index in [1.54, 1.807) is 0 Å². The summed E-state index contributed by atoms with van der Waals surface area (Å²) in [5, 5.41) is 2.85. The van der Waals surface area contributed by atoms with Gasteiger partial charge in [0.05, 0.1) is 0 Å². The molecule has 1 amide bonds. The van der Waals surface area contributed by atoms with E-state index in [1.165, 1.54) is 24.0 Å². The lowest BCUT2D eigenvalue weighted by molar-refractivity contribution is -0.122. The van der Waals surface area contributed by atoms with Crippen LogP contribution >= 0.6 is 12.4 Å². The summed E-state index contributed by atoms with van der Waals surface area (Å²) in [4.78, 5) is 24.1. The highest BCUT2D eigenvalue weighted by Gasteiger charge is 2.19. The molecule has 0 fully saturated rings. The highest BCUT2D eigenvalue weighted by Crippen LogP contribution is 2.22. The highest BCUT2D eigenvalue weighted by atomic mass is 35.5. The fourth-order valence-corrected chi connectivity index (χ4v) is 2.77. The van der Waals surface area contributed by atoms with E-state index in [4.69, 9.17) is 5.73 Å². The number of hydrogen-bond donors (Lipinski definition) is 2. The number of nitrogens with two attached hydrogens (primary N) is 1. The van der Waals surface area contributed by atoms with E-state index >= 15 is 0 Å². The van der Waals surface area contributed by atoms with E-state index in [9.17, 15) is 9.59 Å². The van der Waals surface area contributed by atoms with Gasteiger partial charge in [0.25, 0.3) is 0 Å². The highest BCUT2D eigenvalue weighted by molar-refractivity contribution is 5.98. The smallest absolute Gasteiger partial charge is 0.220 e. The Morgan fingerprint density at radius 3 is 2.43 bits per heavy atom. The number of halogens is 1. The zero-order valence-electron chi connectivity index (χ0n) is 14.0. The minimum atomic E-state index is -0.425. The number of carbonyl (C=O) groups excluding carboxylic acids is 2. The Labute approximate surface area is 144 Å². The fourth-order valence-electron chi connectivity index (χ4n) is 2.77. The number of Topliss-reactive ketones (excluding diaryl/α,β-unsaturated/α-hetero) is 1. The molecule has 0 saturated carbocycles. The molecule has 1 aromatic carbocycles. The largest absolute Gasteiger partial charge is 0.350 e. The van der Waals surface area contributed by atoms with E-state index in [0.717, 1.165) is 18.4 Å². The molecule has 3 N–H and O–H groups in total. The van der Waals surface area contributed by atoms with Crippen LogP contribution in [0.15, 0.2) is 18.2 Å². The molecule has 1 aromatic rings. The van der Waals surface area contributed by atoms with Gasteiger partial charge in [-0.1, -0.05) is 12.1 Å². The Morgan fingerprint density at radius 2 is 1.78 bits per heavy atom. The summed E-state index contributed by atoms with van der Waals surface area (Å²) in [6, 6.07) is 5.98. The summed E-state index contributed by atoms with van der Waals surface area (Å²) in [6.07, 6.45) is 5.05. The molecular formula is C18H27ClN2O2. The molecule has 4 nitrogen and oxygen atoms in total. The van der Waals surface area contributed by atoms with Crippen molar-refractivity contribution < 1.29 is 9.59 Å². The Hall–Kier alpha value is -1.39. The van der Waals surface area contributed by atoms with Gasteiger partial charge in [-0.15, -0.1) is 12.4 Å². The third-order valence-electron chi connectivity index (χ3n) is 4.24. The van der Waals surface area contributed by atoms with Crippen molar-refractivity contribution in [1.29, 1.82) is 0 Å². The molecule has 1 aliphatic rings. The van der Waals surface area contributed by atoms with Crippen LogP contribution in [0, 0.1) is 0 Å². The van der Waals surface area contributed by atoms with Crippen molar-refractivity contribution in [3.8, 4) is 0 Å². The molecule has 0 bridgehead atoms. The third kappa shape index (κ3) is 5.63. The molecule has 0 atom stereocenters. The van der Waals surface area contributed by atoms with Gasteiger partial charge in [-0.2, -0.15) is 0 Å². The van der Waals surface area contributed by atoms with Crippen molar-refractivity contribution in [3.05, 3.63) is 34.9 Å². The number of benzene rings is 1. The van der Waals surface area contributed by atoms with Gasteiger partial charge in [0.15, 0.2) is 5.78 Å². The number of aryl methyl sites for hydroxylation is 2. The van der Waals surface area contributed by atoms with Crippen LogP contribution in [-0.4, -0.2) is 23.8 Å². The summed E-state index contributed by atoms with van der Waals surface area (Å²) < 4.78 is 0. The number of hydrogen-bond acceptors (Lipinski definition) is 3. The topological polar surface area (TPSA) is 72.2 Å². The lowest BCUT2D eigenvalue weighted by atomic mass is 9.89. The summed E-state index contributed by atoms with van der Waals surface area (Å²) in [5.41, 5.74) is 8.55. The number of fused-ring (bicyclic) bond motifs is 1. The van der Waals surface area contributed by atoms with Crippen LogP contribution in [0.2, 0.25) is 0 Å². The van der Waals surface area contributed by atoms with Gasteiger partial charge in [-0.25, -0.2) is 0 Å². The second-order valence-corrected chi connectivity index (χ2v) is 6.75. The molecule has 0 aromatic heterocycles. The maximum absolute atomic E-state index is 12.3. The second-order valence-electron chi connectivity index (χ2n) is 6.75. The van der Waals surface area contributed by atoms with Crippen LogP contribution in [-0.2, 0) is 17.6 Å². The van der Waals surface area contributed by atoms with Gasteiger partial charge in [0.2, 0.25) is 5.91 Å². The number of ketones is 1. The Balaban J connectivity index is 0.00000264. The number of carbonyl (C=O) groups is 2. The molecular weight excluding hydrogens is 312 g/mol. The molecule has 128 valence electrons. The first kappa shape index (κ1) is 19.7. The predicted octanol–water partition coefficient (Wildman–Crippen LogP) is 2.80. The van der Waals surface area contributed by atoms with Crippen molar-refractivity contribution in [2.75, 3.05) is 6.54 Å². The number of nitrogens with one attached hydrogen (secondary N) is 1. The molecule has 0 heterocycles. The van der Waals surface area contributed by atoms with Gasteiger partial charge < -0.3 is 11.1 Å². The zero-order valence-corrected chi connectivity index (χ0v) is 14.8. The quantitative estimate of drug-likeness (QED) is 0.783. The standard InChI is InChI=1S/C18H26N2O2.ClH/c1-18(2,12-19)20-17(22)10-9-16(21)15-8-7-13-5-3-4-6-14(13)11-15;/h7-8,11H,3-6,9-10,12,19H2,1-2H3,(H,20,22);1H. The number of amides is 1. The summed E-state index contributed by atoms with van der Waals surface area (Å²) in [6.45, 7) is 4.11. The first-order valence-electron chi connectivity index (χ1n) is 8.07. The van der Waals surface area contributed by atoms with Gasteiger partial charge in [0.1, 0.15) is 0 Å². The molecule has 0 spiro atoms. The van der Waals surface area contributed by atoms with Crippen LogP contribution in [0.1, 0.15) is 61.0 Å².